The molecule has 2 heterocycles. The predicted octanol–water partition coefficient (Wildman–Crippen LogP) is 1.77. The van der Waals surface area contributed by atoms with Gasteiger partial charge in [-0.25, -0.2) is 15.0 Å². The van der Waals surface area contributed by atoms with Crippen LogP contribution in [0.4, 0.5) is 5.95 Å². The Morgan fingerprint density at radius 3 is 3.06 bits per heavy atom. The Bertz CT molecular complexity index is 529. The topological polar surface area (TPSA) is 74.5 Å². The van der Waals surface area contributed by atoms with Gasteiger partial charge in [-0.1, -0.05) is 0 Å². The van der Waals surface area contributed by atoms with Crippen molar-refractivity contribution in [3.8, 4) is 6.07 Å². The first-order chi connectivity index (χ1) is 8.28. The lowest BCUT2D eigenvalue weighted by Gasteiger charge is -2.04. The zero-order valence-corrected chi connectivity index (χ0v) is 10.2. The van der Waals surface area contributed by atoms with Crippen LogP contribution in [0.3, 0.4) is 0 Å². The van der Waals surface area contributed by atoms with Crippen LogP contribution in [0.15, 0.2) is 17.0 Å². The Kier molecular flexibility index (Phi) is 3.62. The van der Waals surface area contributed by atoms with Crippen LogP contribution in [0.2, 0.25) is 0 Å². The van der Waals surface area contributed by atoms with Gasteiger partial charge < -0.3 is 5.32 Å². The number of aromatic nitrogens is 3. The van der Waals surface area contributed by atoms with Gasteiger partial charge in [-0.05, 0) is 13.0 Å². The SMILES string of the molecule is Cc1cc(C#N)nc(NCCc2cscn2)n1. The molecule has 1 N–H and O–H groups in total. The second-order valence-electron chi connectivity index (χ2n) is 3.49. The average Bonchev–Trinajstić information content (AvgIpc) is 2.81. The minimum absolute atomic E-state index is 0.383. The normalized spacial score (nSPS) is 9.88. The van der Waals surface area contributed by atoms with Gasteiger partial charge in [0, 0.05) is 24.0 Å². The summed E-state index contributed by atoms with van der Waals surface area (Å²) in [7, 11) is 0. The molecular formula is C11H11N5S. The fraction of sp³-hybridized carbons (Fsp3) is 0.273. The highest BCUT2D eigenvalue weighted by molar-refractivity contribution is 7.07. The summed E-state index contributed by atoms with van der Waals surface area (Å²) in [5.41, 5.74) is 4.03. The van der Waals surface area contributed by atoms with Crippen molar-refractivity contribution >= 4 is 17.3 Å². The molecule has 17 heavy (non-hydrogen) atoms. The lowest BCUT2D eigenvalue weighted by atomic mass is 10.3. The monoisotopic (exact) mass is 245 g/mol. The summed E-state index contributed by atoms with van der Waals surface area (Å²) < 4.78 is 0. The highest BCUT2D eigenvalue weighted by Crippen LogP contribution is 2.05. The number of anilines is 1. The van der Waals surface area contributed by atoms with E-state index in [1.165, 1.54) is 0 Å². The first-order valence-electron chi connectivity index (χ1n) is 5.14. The van der Waals surface area contributed by atoms with Crippen LogP contribution in [-0.2, 0) is 6.42 Å². The van der Waals surface area contributed by atoms with Crippen molar-refractivity contribution in [1.29, 1.82) is 5.26 Å². The molecule has 0 spiro atoms. The lowest BCUT2D eigenvalue weighted by Crippen LogP contribution is -2.09. The van der Waals surface area contributed by atoms with Gasteiger partial charge in [-0.3, -0.25) is 0 Å². The molecule has 0 radical (unpaired) electrons. The van der Waals surface area contributed by atoms with Gasteiger partial charge in [0.25, 0.3) is 0 Å². The van der Waals surface area contributed by atoms with Gasteiger partial charge in [0.05, 0.1) is 11.2 Å². The molecule has 0 aliphatic carbocycles. The van der Waals surface area contributed by atoms with Gasteiger partial charge >= 0.3 is 0 Å². The summed E-state index contributed by atoms with van der Waals surface area (Å²) >= 11 is 1.58. The highest BCUT2D eigenvalue weighted by Gasteiger charge is 2.01. The predicted molar refractivity (Wildman–Crippen MR) is 65.8 cm³/mol. The second kappa shape index (κ2) is 5.37. The molecule has 2 aromatic heterocycles. The Morgan fingerprint density at radius 1 is 1.47 bits per heavy atom. The van der Waals surface area contributed by atoms with Crippen molar-refractivity contribution < 1.29 is 0 Å². The van der Waals surface area contributed by atoms with E-state index in [-0.39, 0.29) is 0 Å². The van der Waals surface area contributed by atoms with E-state index < -0.39 is 0 Å². The third-order valence-corrected chi connectivity index (χ3v) is 2.75. The minimum Gasteiger partial charge on any atom is -0.354 e. The Hall–Kier alpha value is -2.00. The summed E-state index contributed by atoms with van der Waals surface area (Å²) in [6.45, 7) is 2.55. The molecule has 0 atom stereocenters. The summed E-state index contributed by atoms with van der Waals surface area (Å²) in [5.74, 6) is 0.497. The van der Waals surface area contributed by atoms with E-state index in [0.717, 1.165) is 17.8 Å². The van der Waals surface area contributed by atoms with Crippen LogP contribution in [0.25, 0.3) is 0 Å². The van der Waals surface area contributed by atoms with Crippen molar-refractivity contribution in [3.05, 3.63) is 34.0 Å². The number of rotatable bonds is 4. The van der Waals surface area contributed by atoms with Crippen molar-refractivity contribution in [1.82, 2.24) is 15.0 Å². The van der Waals surface area contributed by atoms with Crippen LogP contribution in [0, 0.1) is 18.3 Å². The van der Waals surface area contributed by atoms with Crippen LogP contribution in [-0.4, -0.2) is 21.5 Å². The quantitative estimate of drug-likeness (QED) is 0.888. The molecule has 0 amide bonds. The summed E-state index contributed by atoms with van der Waals surface area (Å²) in [6.07, 6.45) is 0.822. The third kappa shape index (κ3) is 3.23. The molecule has 5 nitrogen and oxygen atoms in total. The van der Waals surface area contributed by atoms with Crippen molar-refractivity contribution in [2.45, 2.75) is 13.3 Å². The maximum atomic E-state index is 8.79. The van der Waals surface area contributed by atoms with Gasteiger partial charge in [0.15, 0.2) is 0 Å². The molecule has 2 rings (SSSR count). The molecule has 0 saturated heterocycles. The molecule has 0 fully saturated rings. The molecule has 0 aromatic carbocycles. The first kappa shape index (κ1) is 11.5. The standard InChI is InChI=1S/C11H11N5S/c1-8-4-10(5-12)16-11(15-8)13-3-2-9-6-17-7-14-9/h4,6-7H,2-3H2,1H3,(H,13,15,16). The van der Waals surface area contributed by atoms with E-state index in [2.05, 4.69) is 20.3 Å². The lowest BCUT2D eigenvalue weighted by molar-refractivity contribution is 0.945. The molecule has 0 aliphatic rings. The van der Waals surface area contributed by atoms with Crippen LogP contribution in [0.1, 0.15) is 17.1 Å². The largest absolute Gasteiger partial charge is 0.354 e. The average molecular weight is 245 g/mol. The third-order valence-electron chi connectivity index (χ3n) is 2.12. The number of hydrogen-bond donors (Lipinski definition) is 1. The van der Waals surface area contributed by atoms with E-state index >= 15 is 0 Å². The summed E-state index contributed by atoms with van der Waals surface area (Å²) in [6, 6.07) is 3.67. The zero-order chi connectivity index (χ0) is 12.1. The van der Waals surface area contributed by atoms with Crippen LogP contribution >= 0.6 is 11.3 Å². The van der Waals surface area contributed by atoms with E-state index in [4.69, 9.17) is 5.26 Å². The van der Waals surface area contributed by atoms with Crippen molar-refractivity contribution in [2.24, 2.45) is 0 Å². The maximum absolute atomic E-state index is 8.79. The van der Waals surface area contributed by atoms with Gasteiger partial charge in [-0.2, -0.15) is 5.26 Å². The summed E-state index contributed by atoms with van der Waals surface area (Å²) in [4.78, 5) is 12.5. The molecule has 0 bridgehead atoms. The Labute approximate surface area is 103 Å². The number of hydrogen-bond acceptors (Lipinski definition) is 6. The first-order valence-corrected chi connectivity index (χ1v) is 6.09. The van der Waals surface area contributed by atoms with E-state index in [0.29, 0.717) is 18.2 Å². The fourth-order valence-corrected chi connectivity index (χ4v) is 1.96. The van der Waals surface area contributed by atoms with Crippen LogP contribution in [0.5, 0.6) is 0 Å². The van der Waals surface area contributed by atoms with Gasteiger partial charge in [0.1, 0.15) is 11.8 Å². The van der Waals surface area contributed by atoms with E-state index in [1.54, 1.807) is 17.4 Å². The molecule has 86 valence electrons. The molecule has 6 heteroatoms. The number of nitriles is 1. The van der Waals surface area contributed by atoms with Gasteiger partial charge in [0.2, 0.25) is 5.95 Å². The number of aryl methyl sites for hydroxylation is 1. The molecule has 0 saturated carbocycles. The fourth-order valence-electron chi connectivity index (χ4n) is 1.37. The second-order valence-corrected chi connectivity index (χ2v) is 4.21. The number of nitrogens with zero attached hydrogens (tertiary/aromatic N) is 4. The molecule has 2 aromatic rings. The van der Waals surface area contributed by atoms with Gasteiger partial charge in [-0.15, -0.1) is 11.3 Å². The molecule has 0 unspecified atom stereocenters. The number of nitrogens with one attached hydrogen (secondary N) is 1. The van der Waals surface area contributed by atoms with E-state index in [9.17, 15) is 0 Å². The maximum Gasteiger partial charge on any atom is 0.224 e. The summed E-state index contributed by atoms with van der Waals surface area (Å²) in [5, 5.41) is 13.9. The minimum atomic E-state index is 0.383. The smallest absolute Gasteiger partial charge is 0.224 e. The van der Waals surface area contributed by atoms with E-state index in [1.807, 2.05) is 23.9 Å². The Morgan fingerprint density at radius 2 is 2.35 bits per heavy atom. The zero-order valence-electron chi connectivity index (χ0n) is 9.34. The Balaban J connectivity index is 1.95. The van der Waals surface area contributed by atoms with Crippen molar-refractivity contribution in [2.75, 3.05) is 11.9 Å². The van der Waals surface area contributed by atoms with Crippen LogP contribution < -0.4 is 5.32 Å². The molecule has 0 aliphatic heterocycles. The highest BCUT2D eigenvalue weighted by atomic mass is 32.1. The van der Waals surface area contributed by atoms with Crippen molar-refractivity contribution in [3.63, 3.8) is 0 Å². The molecular weight excluding hydrogens is 234 g/mol. The number of thiazole rings is 1.